The molecule has 6 rings (SSSR count). The highest BCUT2D eigenvalue weighted by molar-refractivity contribution is 5.84. The van der Waals surface area contributed by atoms with E-state index in [1.165, 1.54) is 68.5 Å². The second-order valence-corrected chi connectivity index (χ2v) is 12.1. The SMILES string of the molecule is COc1ccc(-c2nc3c(C)cc(C4CCN(C5CC6(C5)CN(C(C)C)C6)CC4)cc3n2C)cc1OC. The Bertz CT molecular complexity index is 1290. The molecule has 37 heavy (non-hydrogen) atoms. The van der Waals surface area contributed by atoms with Gasteiger partial charge in [-0.15, -0.1) is 0 Å². The van der Waals surface area contributed by atoms with Crippen molar-refractivity contribution in [3.8, 4) is 22.9 Å². The third-order valence-electron chi connectivity index (χ3n) is 9.50. The summed E-state index contributed by atoms with van der Waals surface area (Å²) in [6.07, 6.45) is 5.35. The Kier molecular flexibility index (Phi) is 6.23. The van der Waals surface area contributed by atoms with E-state index in [1.54, 1.807) is 14.2 Å². The first-order chi connectivity index (χ1) is 17.8. The molecule has 0 atom stereocenters. The van der Waals surface area contributed by atoms with Crippen LogP contribution in [0.3, 0.4) is 0 Å². The Labute approximate surface area is 221 Å². The van der Waals surface area contributed by atoms with Gasteiger partial charge in [0.05, 0.1) is 25.3 Å². The molecule has 0 unspecified atom stereocenters. The monoisotopic (exact) mass is 502 g/mol. The highest BCUT2D eigenvalue weighted by Gasteiger charge is 2.54. The Hall–Kier alpha value is -2.57. The molecule has 1 saturated carbocycles. The van der Waals surface area contributed by atoms with Crippen molar-refractivity contribution in [2.75, 3.05) is 40.4 Å². The number of aryl methyl sites for hydroxylation is 2. The predicted octanol–water partition coefficient (Wildman–Crippen LogP) is 5.62. The van der Waals surface area contributed by atoms with Crippen LogP contribution in [0, 0.1) is 12.3 Å². The summed E-state index contributed by atoms with van der Waals surface area (Å²) in [6, 6.07) is 12.3. The topological polar surface area (TPSA) is 42.8 Å². The van der Waals surface area contributed by atoms with Crippen molar-refractivity contribution in [1.29, 1.82) is 0 Å². The van der Waals surface area contributed by atoms with Crippen LogP contribution in [-0.2, 0) is 7.05 Å². The summed E-state index contributed by atoms with van der Waals surface area (Å²) in [7, 11) is 5.47. The second kappa shape index (κ2) is 9.32. The van der Waals surface area contributed by atoms with Crippen molar-refractivity contribution in [3.05, 3.63) is 41.5 Å². The van der Waals surface area contributed by atoms with E-state index in [-0.39, 0.29) is 0 Å². The average Bonchev–Trinajstić information content (AvgIpc) is 3.19. The average molecular weight is 503 g/mol. The van der Waals surface area contributed by atoms with Gasteiger partial charge in [0.2, 0.25) is 0 Å². The number of likely N-dealkylation sites (tertiary alicyclic amines) is 2. The largest absolute Gasteiger partial charge is 0.493 e. The zero-order chi connectivity index (χ0) is 25.9. The van der Waals surface area contributed by atoms with E-state index in [0.29, 0.717) is 17.4 Å². The van der Waals surface area contributed by atoms with Crippen LogP contribution < -0.4 is 9.47 Å². The van der Waals surface area contributed by atoms with Crippen molar-refractivity contribution in [2.45, 2.75) is 64.5 Å². The van der Waals surface area contributed by atoms with Crippen molar-refractivity contribution in [2.24, 2.45) is 12.5 Å². The number of imidazole rings is 1. The molecule has 1 aliphatic carbocycles. The van der Waals surface area contributed by atoms with E-state index < -0.39 is 0 Å². The zero-order valence-corrected chi connectivity index (χ0v) is 23.4. The molecule has 198 valence electrons. The van der Waals surface area contributed by atoms with Crippen LogP contribution in [0.2, 0.25) is 0 Å². The van der Waals surface area contributed by atoms with Crippen LogP contribution >= 0.6 is 0 Å². The molecule has 2 aliphatic heterocycles. The lowest BCUT2D eigenvalue weighted by Crippen LogP contribution is -2.68. The number of methoxy groups -OCH3 is 2. The molecule has 0 N–H and O–H groups in total. The summed E-state index contributed by atoms with van der Waals surface area (Å²) in [5, 5.41) is 0. The van der Waals surface area contributed by atoms with Gasteiger partial charge >= 0.3 is 0 Å². The lowest BCUT2D eigenvalue weighted by molar-refractivity contribution is -0.122. The van der Waals surface area contributed by atoms with Crippen LogP contribution in [0.15, 0.2) is 30.3 Å². The minimum Gasteiger partial charge on any atom is -0.493 e. The Morgan fingerprint density at radius 1 is 0.973 bits per heavy atom. The quantitative estimate of drug-likeness (QED) is 0.438. The molecule has 0 bridgehead atoms. The minimum atomic E-state index is 0.632. The van der Waals surface area contributed by atoms with E-state index >= 15 is 0 Å². The fourth-order valence-corrected chi connectivity index (χ4v) is 7.19. The molecule has 6 nitrogen and oxygen atoms in total. The van der Waals surface area contributed by atoms with Gasteiger partial charge in [-0.3, -0.25) is 4.90 Å². The number of ether oxygens (including phenoxy) is 2. The van der Waals surface area contributed by atoms with Crippen molar-refractivity contribution < 1.29 is 9.47 Å². The van der Waals surface area contributed by atoms with Crippen molar-refractivity contribution in [3.63, 3.8) is 0 Å². The molecule has 0 radical (unpaired) electrons. The maximum atomic E-state index is 5.54. The number of benzene rings is 2. The number of aromatic nitrogens is 2. The number of fused-ring (bicyclic) bond motifs is 1. The third-order valence-corrected chi connectivity index (χ3v) is 9.50. The highest BCUT2D eigenvalue weighted by atomic mass is 16.5. The standard InChI is InChI=1S/C31H42N4O2/c1-20(2)35-18-31(19-35)16-25(17-31)34-11-9-22(10-12-34)24-13-21(3)29-26(14-24)33(4)30(32-29)23-7-8-27(36-5)28(15-23)37-6/h7-8,13-15,20,22,25H,9-12,16-19H2,1-6H3. The van der Waals surface area contributed by atoms with Gasteiger partial charge in [0, 0.05) is 37.8 Å². The minimum absolute atomic E-state index is 0.632. The van der Waals surface area contributed by atoms with Gasteiger partial charge in [-0.25, -0.2) is 4.98 Å². The molecule has 0 amide bonds. The van der Waals surface area contributed by atoms with Gasteiger partial charge in [-0.1, -0.05) is 6.07 Å². The third kappa shape index (κ3) is 4.22. The van der Waals surface area contributed by atoms with Crippen molar-refractivity contribution >= 4 is 11.0 Å². The Morgan fingerprint density at radius 2 is 1.68 bits per heavy atom. The van der Waals surface area contributed by atoms with Crippen LogP contribution in [0.4, 0.5) is 0 Å². The molecule has 1 aromatic heterocycles. The summed E-state index contributed by atoms with van der Waals surface area (Å²) in [6.45, 7) is 12.0. The molecule has 3 aromatic rings. The number of hydrogen-bond acceptors (Lipinski definition) is 5. The summed E-state index contributed by atoms with van der Waals surface area (Å²) < 4.78 is 13.2. The van der Waals surface area contributed by atoms with Crippen LogP contribution in [-0.4, -0.2) is 71.8 Å². The first kappa shape index (κ1) is 24.7. The number of nitrogens with zero attached hydrogens (tertiary/aromatic N) is 4. The van der Waals surface area contributed by atoms with E-state index in [0.717, 1.165) is 34.4 Å². The smallest absolute Gasteiger partial charge is 0.161 e. The zero-order valence-electron chi connectivity index (χ0n) is 23.4. The summed E-state index contributed by atoms with van der Waals surface area (Å²) >= 11 is 0. The van der Waals surface area contributed by atoms with Gasteiger partial charge in [0.1, 0.15) is 5.82 Å². The van der Waals surface area contributed by atoms with Gasteiger partial charge in [-0.05, 0) is 106 Å². The predicted molar refractivity (Wildman–Crippen MR) is 150 cm³/mol. The summed E-state index contributed by atoms with van der Waals surface area (Å²) in [5.74, 6) is 3.05. The Balaban J connectivity index is 1.16. The highest BCUT2D eigenvalue weighted by Crippen LogP contribution is 2.51. The first-order valence-electron chi connectivity index (χ1n) is 14.0. The fourth-order valence-electron chi connectivity index (χ4n) is 7.19. The maximum Gasteiger partial charge on any atom is 0.161 e. The van der Waals surface area contributed by atoms with E-state index in [2.05, 4.69) is 60.4 Å². The molecule has 3 aliphatic rings. The summed E-state index contributed by atoms with van der Waals surface area (Å²) in [5.41, 5.74) is 6.72. The molecular formula is C31H42N4O2. The van der Waals surface area contributed by atoms with Crippen LogP contribution in [0.1, 0.15) is 56.6 Å². The lowest BCUT2D eigenvalue weighted by Gasteiger charge is -2.62. The Morgan fingerprint density at radius 3 is 2.32 bits per heavy atom. The van der Waals surface area contributed by atoms with Crippen LogP contribution in [0.25, 0.3) is 22.4 Å². The van der Waals surface area contributed by atoms with Gasteiger partial charge in [0.25, 0.3) is 0 Å². The maximum absolute atomic E-state index is 5.54. The van der Waals surface area contributed by atoms with Gasteiger partial charge in [-0.2, -0.15) is 0 Å². The van der Waals surface area contributed by atoms with E-state index in [1.807, 2.05) is 12.1 Å². The van der Waals surface area contributed by atoms with Gasteiger partial charge in [0.15, 0.2) is 11.5 Å². The number of hydrogen-bond donors (Lipinski definition) is 0. The molecular weight excluding hydrogens is 460 g/mol. The molecule has 3 heterocycles. The number of piperidine rings is 1. The molecule has 2 aromatic carbocycles. The molecule has 3 fully saturated rings. The second-order valence-electron chi connectivity index (χ2n) is 12.1. The van der Waals surface area contributed by atoms with E-state index in [4.69, 9.17) is 14.5 Å². The fraction of sp³-hybridized carbons (Fsp3) is 0.581. The van der Waals surface area contributed by atoms with Crippen LogP contribution in [0.5, 0.6) is 11.5 Å². The first-order valence-corrected chi connectivity index (χ1v) is 14.0. The van der Waals surface area contributed by atoms with Crippen molar-refractivity contribution in [1.82, 2.24) is 19.4 Å². The molecule has 6 heteroatoms. The van der Waals surface area contributed by atoms with Gasteiger partial charge < -0.3 is 18.9 Å². The molecule has 1 spiro atoms. The number of rotatable bonds is 6. The van der Waals surface area contributed by atoms with E-state index in [9.17, 15) is 0 Å². The molecule has 2 saturated heterocycles. The normalized spacial score (nSPS) is 20.9. The summed E-state index contributed by atoms with van der Waals surface area (Å²) in [4.78, 5) is 10.5. The lowest BCUT2D eigenvalue weighted by atomic mass is 9.59.